The number of amides is 1. The minimum absolute atomic E-state index is 0.142. The van der Waals surface area contributed by atoms with Gasteiger partial charge in [0.15, 0.2) is 0 Å². The Kier molecular flexibility index (Phi) is 4.60. The SMILES string of the molecule is Cc1ccc(CNCC(=O)Nc2ccccc2Cl)o1. The van der Waals surface area contributed by atoms with E-state index >= 15 is 0 Å². The predicted molar refractivity (Wildman–Crippen MR) is 75.2 cm³/mol. The molecule has 2 aromatic rings. The van der Waals surface area contributed by atoms with Gasteiger partial charge in [-0.15, -0.1) is 0 Å². The molecular weight excluding hydrogens is 264 g/mol. The molecule has 0 bridgehead atoms. The maximum Gasteiger partial charge on any atom is 0.238 e. The number of hydrogen-bond donors (Lipinski definition) is 2. The van der Waals surface area contributed by atoms with Crippen LogP contribution in [-0.4, -0.2) is 12.5 Å². The number of aryl methyl sites for hydroxylation is 1. The Labute approximate surface area is 116 Å². The van der Waals surface area contributed by atoms with Gasteiger partial charge in [0.25, 0.3) is 0 Å². The molecule has 1 aromatic carbocycles. The molecule has 2 rings (SSSR count). The van der Waals surface area contributed by atoms with Crippen molar-refractivity contribution in [2.45, 2.75) is 13.5 Å². The van der Waals surface area contributed by atoms with Gasteiger partial charge in [-0.05, 0) is 31.2 Å². The number of anilines is 1. The predicted octanol–water partition coefficient (Wildman–Crippen LogP) is 2.97. The van der Waals surface area contributed by atoms with Crippen molar-refractivity contribution in [3.05, 3.63) is 52.9 Å². The molecule has 1 amide bonds. The van der Waals surface area contributed by atoms with Crippen molar-refractivity contribution < 1.29 is 9.21 Å². The van der Waals surface area contributed by atoms with Crippen molar-refractivity contribution in [1.82, 2.24) is 5.32 Å². The Morgan fingerprint density at radius 2 is 2.05 bits per heavy atom. The summed E-state index contributed by atoms with van der Waals surface area (Å²) in [5, 5.41) is 6.27. The summed E-state index contributed by atoms with van der Waals surface area (Å²) < 4.78 is 5.39. The van der Waals surface area contributed by atoms with Crippen LogP contribution in [0, 0.1) is 6.92 Å². The average Bonchev–Trinajstić information content (AvgIpc) is 2.78. The quantitative estimate of drug-likeness (QED) is 0.884. The van der Waals surface area contributed by atoms with E-state index in [1.807, 2.05) is 31.2 Å². The molecule has 5 heteroatoms. The Hall–Kier alpha value is -1.78. The maximum atomic E-state index is 11.7. The first-order chi connectivity index (χ1) is 9.15. The number of halogens is 1. The summed E-state index contributed by atoms with van der Waals surface area (Å²) in [6.45, 7) is 2.60. The lowest BCUT2D eigenvalue weighted by atomic mass is 10.3. The highest BCUT2D eigenvalue weighted by molar-refractivity contribution is 6.33. The summed E-state index contributed by atoms with van der Waals surface area (Å²) in [6.07, 6.45) is 0. The molecule has 0 aliphatic heterocycles. The van der Waals surface area contributed by atoms with Crippen LogP contribution in [0.3, 0.4) is 0 Å². The fourth-order valence-electron chi connectivity index (χ4n) is 1.64. The molecule has 4 nitrogen and oxygen atoms in total. The first-order valence-electron chi connectivity index (χ1n) is 5.95. The van der Waals surface area contributed by atoms with Gasteiger partial charge in [-0.3, -0.25) is 4.79 Å². The maximum absolute atomic E-state index is 11.7. The molecule has 0 aliphatic carbocycles. The number of carbonyl (C=O) groups is 1. The molecule has 0 aliphatic rings. The van der Waals surface area contributed by atoms with E-state index < -0.39 is 0 Å². The molecule has 1 aromatic heterocycles. The van der Waals surface area contributed by atoms with Crippen LogP contribution in [0.25, 0.3) is 0 Å². The van der Waals surface area contributed by atoms with Crippen LogP contribution in [-0.2, 0) is 11.3 Å². The highest BCUT2D eigenvalue weighted by Gasteiger charge is 2.05. The first kappa shape index (κ1) is 13.6. The van der Waals surface area contributed by atoms with Gasteiger partial charge in [-0.25, -0.2) is 0 Å². The van der Waals surface area contributed by atoms with Gasteiger partial charge in [-0.1, -0.05) is 23.7 Å². The molecule has 0 radical (unpaired) electrons. The molecule has 0 spiro atoms. The van der Waals surface area contributed by atoms with E-state index in [-0.39, 0.29) is 12.5 Å². The second kappa shape index (κ2) is 6.41. The van der Waals surface area contributed by atoms with Crippen molar-refractivity contribution in [2.75, 3.05) is 11.9 Å². The molecule has 19 heavy (non-hydrogen) atoms. The van der Waals surface area contributed by atoms with Crippen LogP contribution in [0.2, 0.25) is 5.02 Å². The lowest BCUT2D eigenvalue weighted by Crippen LogP contribution is -2.27. The second-order valence-electron chi connectivity index (χ2n) is 4.14. The normalized spacial score (nSPS) is 10.4. The van der Waals surface area contributed by atoms with E-state index in [1.165, 1.54) is 0 Å². The van der Waals surface area contributed by atoms with Crippen LogP contribution in [0.15, 0.2) is 40.8 Å². The molecule has 1 heterocycles. The summed E-state index contributed by atoms with van der Waals surface area (Å²) in [5.74, 6) is 1.52. The van der Waals surface area contributed by atoms with Crippen molar-refractivity contribution >= 4 is 23.2 Å². The van der Waals surface area contributed by atoms with E-state index in [0.717, 1.165) is 11.5 Å². The van der Waals surface area contributed by atoms with Crippen molar-refractivity contribution in [1.29, 1.82) is 0 Å². The second-order valence-corrected chi connectivity index (χ2v) is 4.55. The van der Waals surface area contributed by atoms with Crippen LogP contribution in [0.4, 0.5) is 5.69 Å². The highest BCUT2D eigenvalue weighted by Crippen LogP contribution is 2.19. The van der Waals surface area contributed by atoms with E-state index in [0.29, 0.717) is 17.3 Å². The van der Waals surface area contributed by atoms with Crippen LogP contribution < -0.4 is 10.6 Å². The fraction of sp³-hybridized carbons (Fsp3) is 0.214. The third-order valence-corrected chi connectivity index (χ3v) is 2.86. The Morgan fingerprint density at radius 1 is 1.26 bits per heavy atom. The van der Waals surface area contributed by atoms with Crippen LogP contribution in [0.5, 0.6) is 0 Å². The zero-order valence-corrected chi connectivity index (χ0v) is 11.3. The van der Waals surface area contributed by atoms with E-state index in [1.54, 1.807) is 12.1 Å². The molecule has 100 valence electrons. The number of carbonyl (C=O) groups excluding carboxylic acids is 1. The number of nitrogens with one attached hydrogen (secondary N) is 2. The van der Waals surface area contributed by atoms with E-state index in [9.17, 15) is 4.79 Å². The largest absolute Gasteiger partial charge is 0.465 e. The van der Waals surface area contributed by atoms with Gasteiger partial charge in [0.2, 0.25) is 5.91 Å². The third kappa shape index (κ3) is 4.12. The lowest BCUT2D eigenvalue weighted by molar-refractivity contribution is -0.115. The molecule has 0 saturated carbocycles. The standard InChI is InChI=1S/C14H15ClN2O2/c1-10-6-7-11(19-10)8-16-9-14(18)17-13-5-3-2-4-12(13)15/h2-7,16H,8-9H2,1H3,(H,17,18). The van der Waals surface area contributed by atoms with Gasteiger partial charge in [0.1, 0.15) is 11.5 Å². The summed E-state index contributed by atoms with van der Waals surface area (Å²) in [7, 11) is 0. The molecule has 2 N–H and O–H groups in total. The Bertz CT molecular complexity index is 566. The van der Waals surface area contributed by atoms with Gasteiger partial charge < -0.3 is 15.1 Å². The molecule has 0 atom stereocenters. The van der Waals surface area contributed by atoms with Crippen molar-refractivity contribution in [3.63, 3.8) is 0 Å². The third-order valence-electron chi connectivity index (χ3n) is 2.53. The van der Waals surface area contributed by atoms with Gasteiger partial charge >= 0.3 is 0 Å². The van der Waals surface area contributed by atoms with Crippen molar-refractivity contribution in [3.8, 4) is 0 Å². The number of rotatable bonds is 5. The van der Waals surface area contributed by atoms with Crippen LogP contribution in [0.1, 0.15) is 11.5 Å². The average molecular weight is 279 g/mol. The van der Waals surface area contributed by atoms with Gasteiger partial charge in [-0.2, -0.15) is 0 Å². The number of hydrogen-bond acceptors (Lipinski definition) is 3. The van der Waals surface area contributed by atoms with Crippen molar-refractivity contribution in [2.24, 2.45) is 0 Å². The summed E-state index contributed by atoms with van der Waals surface area (Å²) in [5.41, 5.74) is 0.616. The lowest BCUT2D eigenvalue weighted by Gasteiger charge is -2.07. The van der Waals surface area contributed by atoms with Gasteiger partial charge in [0.05, 0.1) is 23.8 Å². The Balaban J connectivity index is 1.77. The molecular formula is C14H15ClN2O2. The van der Waals surface area contributed by atoms with Crippen LogP contribution >= 0.6 is 11.6 Å². The highest BCUT2D eigenvalue weighted by atomic mass is 35.5. The summed E-state index contributed by atoms with van der Waals surface area (Å²) in [4.78, 5) is 11.7. The molecule has 0 saturated heterocycles. The topological polar surface area (TPSA) is 54.3 Å². The first-order valence-corrected chi connectivity index (χ1v) is 6.33. The Morgan fingerprint density at radius 3 is 2.74 bits per heavy atom. The summed E-state index contributed by atoms with van der Waals surface area (Å²) in [6, 6.07) is 10.9. The fourth-order valence-corrected chi connectivity index (χ4v) is 1.82. The summed E-state index contributed by atoms with van der Waals surface area (Å²) >= 11 is 5.95. The number of para-hydroxylation sites is 1. The molecule has 0 fully saturated rings. The zero-order chi connectivity index (χ0) is 13.7. The zero-order valence-electron chi connectivity index (χ0n) is 10.6. The number of furan rings is 1. The molecule has 0 unspecified atom stereocenters. The number of benzene rings is 1. The van der Waals surface area contributed by atoms with E-state index in [2.05, 4.69) is 10.6 Å². The van der Waals surface area contributed by atoms with Gasteiger partial charge in [0, 0.05) is 0 Å². The van der Waals surface area contributed by atoms with E-state index in [4.69, 9.17) is 16.0 Å². The monoisotopic (exact) mass is 278 g/mol. The minimum Gasteiger partial charge on any atom is -0.465 e. The minimum atomic E-state index is -0.142. The smallest absolute Gasteiger partial charge is 0.238 e.